The molecule has 3 aromatic rings. The van der Waals surface area contributed by atoms with Crippen molar-refractivity contribution in [1.29, 1.82) is 0 Å². The lowest BCUT2D eigenvalue weighted by atomic mass is 10.1. The molecule has 8 nitrogen and oxygen atoms in total. The van der Waals surface area contributed by atoms with Crippen LogP contribution >= 0.6 is 23.1 Å². The molecule has 0 saturated carbocycles. The van der Waals surface area contributed by atoms with Crippen molar-refractivity contribution in [3.63, 3.8) is 0 Å². The normalized spacial score (nSPS) is 15.7. The van der Waals surface area contributed by atoms with Crippen LogP contribution in [0.4, 0.5) is 10.2 Å². The van der Waals surface area contributed by atoms with Crippen LogP contribution in [0.25, 0.3) is 10.8 Å². The molecule has 1 N–H and O–H groups in total. The molecule has 0 aliphatic carbocycles. The zero-order valence-corrected chi connectivity index (χ0v) is 17.8. The number of aromatic nitrogens is 4. The van der Waals surface area contributed by atoms with E-state index in [9.17, 15) is 14.0 Å². The van der Waals surface area contributed by atoms with Crippen LogP contribution in [0.5, 0.6) is 0 Å². The van der Waals surface area contributed by atoms with Crippen LogP contribution in [0, 0.1) is 12.7 Å². The summed E-state index contributed by atoms with van der Waals surface area (Å²) in [5.41, 5.74) is 1.07. The van der Waals surface area contributed by atoms with Crippen molar-refractivity contribution in [2.75, 3.05) is 17.7 Å². The number of nitrogens with zero attached hydrogens (tertiary/aromatic N) is 5. The average molecular weight is 449 g/mol. The maximum absolute atomic E-state index is 13.2. The Bertz CT molecular complexity index is 1110. The van der Waals surface area contributed by atoms with Crippen LogP contribution in [-0.4, -0.2) is 48.0 Å². The molecule has 1 aliphatic rings. The largest absolute Gasteiger partial charge is 0.328 e. The summed E-state index contributed by atoms with van der Waals surface area (Å²) in [7, 11) is 0. The van der Waals surface area contributed by atoms with Gasteiger partial charge in [0, 0.05) is 18.7 Å². The third-order valence-corrected chi connectivity index (χ3v) is 5.93. The summed E-state index contributed by atoms with van der Waals surface area (Å²) in [5, 5.41) is 3.35. The average Bonchev–Trinajstić information content (AvgIpc) is 3.32. The fourth-order valence-electron chi connectivity index (χ4n) is 3.51. The molecule has 30 heavy (non-hydrogen) atoms. The van der Waals surface area contributed by atoms with Gasteiger partial charge < -0.3 is 14.8 Å². The molecule has 1 atom stereocenters. The molecule has 2 aromatic heterocycles. The number of alkyl halides is 1. The Kier molecular flexibility index (Phi) is 5.52. The predicted molar refractivity (Wildman–Crippen MR) is 111 cm³/mol. The third-order valence-electron chi connectivity index (χ3n) is 4.88. The molecule has 3 heterocycles. The van der Waals surface area contributed by atoms with E-state index in [1.54, 1.807) is 11.8 Å². The van der Waals surface area contributed by atoms with Crippen molar-refractivity contribution < 1.29 is 14.0 Å². The molecule has 0 unspecified atom stereocenters. The van der Waals surface area contributed by atoms with Crippen LogP contribution in [0.2, 0.25) is 0 Å². The van der Waals surface area contributed by atoms with Gasteiger partial charge in [0.1, 0.15) is 17.5 Å². The van der Waals surface area contributed by atoms with Gasteiger partial charge in [-0.15, -0.1) is 11.6 Å². The van der Waals surface area contributed by atoms with Crippen molar-refractivity contribution in [3.05, 3.63) is 47.2 Å². The predicted octanol–water partition coefficient (Wildman–Crippen LogP) is 3.24. The van der Waals surface area contributed by atoms with Gasteiger partial charge in [0.2, 0.25) is 5.91 Å². The van der Waals surface area contributed by atoms with Gasteiger partial charge >= 0.3 is 0 Å². The standard InChI is InChI=1S/C19H18ClFN6O2S/c1-10-15-16(23-14(28)9-20)24-17(18-22-11(2)25-30-18)27(15)8-7-26(10)19(29)12-3-5-13(21)6-4-12/h3-6,10H,7-9H2,1-2H3,(H,23,28)/t10-/m1/s1. The smallest absolute Gasteiger partial charge is 0.254 e. The zero-order valence-electron chi connectivity index (χ0n) is 16.2. The van der Waals surface area contributed by atoms with Gasteiger partial charge in [-0.2, -0.15) is 4.37 Å². The number of nitrogens with one attached hydrogen (secondary N) is 1. The summed E-state index contributed by atoms with van der Waals surface area (Å²) in [5.74, 6) is 0.320. The number of carbonyl (C=O) groups is 2. The first kappa shape index (κ1) is 20.4. The highest BCUT2D eigenvalue weighted by Crippen LogP contribution is 2.36. The van der Waals surface area contributed by atoms with Gasteiger partial charge in [0.05, 0.1) is 11.7 Å². The molecule has 0 bridgehead atoms. The second-order valence-electron chi connectivity index (χ2n) is 6.83. The number of anilines is 1. The number of hydrogen-bond acceptors (Lipinski definition) is 6. The Morgan fingerprint density at radius 1 is 1.27 bits per heavy atom. The number of aryl methyl sites for hydroxylation is 1. The SMILES string of the molecule is Cc1nsc(-c2nc(NC(=O)CCl)c3n2CCN(C(=O)c2ccc(F)cc2)[C@@H]3C)n1. The monoisotopic (exact) mass is 448 g/mol. The maximum atomic E-state index is 13.2. The van der Waals surface area contributed by atoms with Crippen LogP contribution in [0.15, 0.2) is 24.3 Å². The van der Waals surface area contributed by atoms with Gasteiger partial charge in [-0.25, -0.2) is 14.4 Å². The fraction of sp³-hybridized carbons (Fsp3) is 0.316. The van der Waals surface area contributed by atoms with E-state index in [-0.39, 0.29) is 11.8 Å². The number of carbonyl (C=O) groups excluding carboxylic acids is 2. The zero-order chi connectivity index (χ0) is 21.4. The third kappa shape index (κ3) is 3.68. The summed E-state index contributed by atoms with van der Waals surface area (Å²) in [6, 6.07) is 5.05. The molecule has 1 aliphatic heterocycles. The van der Waals surface area contributed by atoms with E-state index in [0.717, 1.165) is 0 Å². The first-order valence-electron chi connectivity index (χ1n) is 9.22. The number of imidazole rings is 1. The van der Waals surface area contributed by atoms with Crippen molar-refractivity contribution >= 4 is 40.8 Å². The first-order valence-corrected chi connectivity index (χ1v) is 10.5. The molecule has 0 radical (unpaired) electrons. The van der Waals surface area contributed by atoms with E-state index in [1.165, 1.54) is 35.8 Å². The van der Waals surface area contributed by atoms with Crippen molar-refractivity contribution in [1.82, 2.24) is 23.8 Å². The van der Waals surface area contributed by atoms with Crippen LogP contribution in [0.1, 0.15) is 34.8 Å². The van der Waals surface area contributed by atoms with Crippen LogP contribution in [-0.2, 0) is 11.3 Å². The van der Waals surface area contributed by atoms with Crippen molar-refractivity contribution in [3.8, 4) is 10.8 Å². The lowest BCUT2D eigenvalue weighted by Crippen LogP contribution is -2.41. The molecular formula is C19H18ClFN6O2S. The molecule has 11 heteroatoms. The molecule has 0 spiro atoms. The maximum Gasteiger partial charge on any atom is 0.254 e. The second-order valence-corrected chi connectivity index (χ2v) is 7.85. The van der Waals surface area contributed by atoms with Crippen LogP contribution < -0.4 is 5.32 Å². The molecule has 4 rings (SSSR count). The van der Waals surface area contributed by atoms with E-state index >= 15 is 0 Å². The van der Waals surface area contributed by atoms with E-state index in [0.29, 0.717) is 46.8 Å². The highest BCUT2D eigenvalue weighted by atomic mass is 35.5. The first-order chi connectivity index (χ1) is 14.4. The Morgan fingerprint density at radius 2 is 2.00 bits per heavy atom. The van der Waals surface area contributed by atoms with Crippen molar-refractivity contribution in [2.24, 2.45) is 0 Å². The Labute approximate surface area is 180 Å². The number of rotatable bonds is 4. The van der Waals surface area contributed by atoms with Crippen molar-refractivity contribution in [2.45, 2.75) is 26.4 Å². The Balaban J connectivity index is 1.74. The van der Waals surface area contributed by atoms with Gasteiger partial charge in [-0.1, -0.05) is 0 Å². The minimum absolute atomic E-state index is 0.216. The highest BCUT2D eigenvalue weighted by molar-refractivity contribution is 7.09. The quantitative estimate of drug-likeness (QED) is 0.618. The minimum Gasteiger partial charge on any atom is -0.328 e. The topological polar surface area (TPSA) is 93.0 Å². The van der Waals surface area contributed by atoms with E-state index < -0.39 is 17.8 Å². The van der Waals surface area contributed by atoms with E-state index in [2.05, 4.69) is 19.7 Å². The molecule has 1 aromatic carbocycles. The number of benzene rings is 1. The van der Waals surface area contributed by atoms with Gasteiger partial charge in [0.25, 0.3) is 5.91 Å². The Hall–Kier alpha value is -2.85. The van der Waals surface area contributed by atoms with Gasteiger partial charge in [-0.05, 0) is 49.6 Å². The second kappa shape index (κ2) is 8.11. The Morgan fingerprint density at radius 3 is 2.63 bits per heavy atom. The number of hydrogen-bond donors (Lipinski definition) is 1. The van der Waals surface area contributed by atoms with Crippen LogP contribution in [0.3, 0.4) is 0 Å². The van der Waals surface area contributed by atoms with E-state index in [1.807, 2.05) is 11.5 Å². The lowest BCUT2D eigenvalue weighted by Gasteiger charge is -2.35. The number of fused-ring (bicyclic) bond motifs is 1. The summed E-state index contributed by atoms with van der Waals surface area (Å²) >= 11 is 6.88. The van der Waals surface area contributed by atoms with Gasteiger partial charge in [-0.3, -0.25) is 9.59 Å². The summed E-state index contributed by atoms with van der Waals surface area (Å²) in [6.45, 7) is 4.54. The number of amides is 2. The molecule has 2 amide bonds. The summed E-state index contributed by atoms with van der Waals surface area (Å²) < 4.78 is 19.4. The molecule has 156 valence electrons. The minimum atomic E-state index is -0.403. The van der Waals surface area contributed by atoms with Gasteiger partial charge in [0.15, 0.2) is 16.6 Å². The lowest BCUT2D eigenvalue weighted by molar-refractivity contribution is -0.113. The molecular weight excluding hydrogens is 431 g/mol. The number of halogens is 2. The summed E-state index contributed by atoms with van der Waals surface area (Å²) in [4.78, 5) is 35.7. The molecule has 0 saturated heterocycles. The molecule has 0 fully saturated rings. The fourth-order valence-corrected chi connectivity index (χ4v) is 4.25. The highest BCUT2D eigenvalue weighted by Gasteiger charge is 2.34. The van der Waals surface area contributed by atoms with E-state index in [4.69, 9.17) is 11.6 Å². The summed E-state index contributed by atoms with van der Waals surface area (Å²) in [6.07, 6.45) is 0.